The summed E-state index contributed by atoms with van der Waals surface area (Å²) >= 11 is 6.16. The minimum Gasteiger partial charge on any atom is -0.353 e. The molecule has 1 aliphatic rings. The number of nitrogens with zero attached hydrogens (tertiary/aromatic N) is 5. The lowest BCUT2D eigenvalue weighted by Crippen LogP contribution is -2.28. The monoisotopic (exact) mass is 251 g/mol. The fourth-order valence-corrected chi connectivity index (χ4v) is 2.35. The molecule has 1 aliphatic carbocycles. The molecule has 0 radical (unpaired) electrons. The van der Waals surface area contributed by atoms with Crippen molar-refractivity contribution in [2.75, 3.05) is 11.4 Å². The summed E-state index contributed by atoms with van der Waals surface area (Å²) in [5, 5.41) is 4.76. The fourth-order valence-electron chi connectivity index (χ4n) is 2.19. The van der Waals surface area contributed by atoms with Crippen LogP contribution in [0.15, 0.2) is 6.33 Å². The summed E-state index contributed by atoms with van der Waals surface area (Å²) in [7, 11) is 0. The van der Waals surface area contributed by atoms with Crippen LogP contribution in [0.4, 0.5) is 5.82 Å². The molecule has 90 valence electrons. The summed E-state index contributed by atoms with van der Waals surface area (Å²) in [6, 6.07) is 0.615. The van der Waals surface area contributed by atoms with E-state index in [0.29, 0.717) is 17.0 Å². The summed E-state index contributed by atoms with van der Waals surface area (Å²) in [4.78, 5) is 10.7. The highest BCUT2D eigenvalue weighted by atomic mass is 35.5. The van der Waals surface area contributed by atoms with E-state index in [4.69, 9.17) is 11.6 Å². The van der Waals surface area contributed by atoms with Crippen molar-refractivity contribution in [2.24, 2.45) is 0 Å². The molecular formula is C11H14ClN5. The van der Waals surface area contributed by atoms with Crippen LogP contribution in [-0.4, -0.2) is 32.2 Å². The van der Waals surface area contributed by atoms with Gasteiger partial charge >= 0.3 is 0 Å². The Bertz CT molecular complexity index is 560. The average molecular weight is 252 g/mol. The second kappa shape index (κ2) is 3.84. The quantitative estimate of drug-likeness (QED) is 0.784. The van der Waals surface area contributed by atoms with E-state index < -0.39 is 0 Å². The Morgan fingerprint density at radius 3 is 2.94 bits per heavy atom. The smallest absolute Gasteiger partial charge is 0.255 e. The maximum atomic E-state index is 6.16. The van der Waals surface area contributed by atoms with Gasteiger partial charge in [-0.15, -0.1) is 0 Å². The zero-order valence-corrected chi connectivity index (χ0v) is 10.6. The van der Waals surface area contributed by atoms with Crippen LogP contribution in [0.2, 0.25) is 5.15 Å². The number of aromatic nitrogens is 4. The average Bonchev–Trinajstić information content (AvgIpc) is 3.05. The van der Waals surface area contributed by atoms with Gasteiger partial charge in [-0.25, -0.2) is 0 Å². The summed E-state index contributed by atoms with van der Waals surface area (Å²) in [5.74, 6) is 1.59. The van der Waals surface area contributed by atoms with Gasteiger partial charge in [-0.05, 0) is 26.7 Å². The maximum absolute atomic E-state index is 6.16. The normalized spacial score (nSPS) is 15.5. The molecule has 2 aromatic rings. The standard InChI is InChI=1S/C11H14ClN5/c1-3-16(8-4-5-8)10-7(2)9(12)15-11-13-6-14-17(10)11/h6,8H,3-5H2,1-2H3. The molecular weight excluding hydrogens is 238 g/mol. The molecule has 17 heavy (non-hydrogen) atoms. The van der Waals surface area contributed by atoms with Crippen molar-refractivity contribution in [3.05, 3.63) is 17.0 Å². The Morgan fingerprint density at radius 2 is 2.29 bits per heavy atom. The molecule has 0 spiro atoms. The molecule has 0 bridgehead atoms. The molecule has 1 fully saturated rings. The van der Waals surface area contributed by atoms with Crippen molar-refractivity contribution in [1.82, 2.24) is 19.6 Å². The molecule has 0 saturated heterocycles. The van der Waals surface area contributed by atoms with E-state index in [1.54, 1.807) is 4.52 Å². The van der Waals surface area contributed by atoms with E-state index in [9.17, 15) is 0 Å². The maximum Gasteiger partial charge on any atom is 0.255 e. The lowest BCUT2D eigenvalue weighted by atomic mass is 10.3. The van der Waals surface area contributed by atoms with E-state index in [1.807, 2.05) is 6.92 Å². The number of rotatable bonds is 3. The topological polar surface area (TPSA) is 46.3 Å². The van der Waals surface area contributed by atoms with Crippen molar-refractivity contribution in [2.45, 2.75) is 32.7 Å². The minimum absolute atomic E-state index is 0.514. The van der Waals surface area contributed by atoms with Gasteiger partial charge in [-0.3, -0.25) is 0 Å². The lowest BCUT2D eigenvalue weighted by Gasteiger charge is -2.24. The lowest BCUT2D eigenvalue weighted by molar-refractivity contribution is 0.765. The SMILES string of the molecule is CCN(c1c(C)c(Cl)nc2ncnn12)C1CC1. The Hall–Kier alpha value is -1.36. The molecule has 0 atom stereocenters. The first-order valence-corrected chi connectivity index (χ1v) is 6.22. The van der Waals surface area contributed by atoms with Crippen LogP contribution >= 0.6 is 11.6 Å². The number of halogens is 1. The van der Waals surface area contributed by atoms with E-state index >= 15 is 0 Å². The molecule has 0 unspecified atom stereocenters. The van der Waals surface area contributed by atoms with Crippen LogP contribution in [0.25, 0.3) is 5.78 Å². The third-order valence-electron chi connectivity index (χ3n) is 3.17. The predicted molar refractivity (Wildman–Crippen MR) is 66.6 cm³/mol. The van der Waals surface area contributed by atoms with Gasteiger partial charge in [-0.1, -0.05) is 11.6 Å². The highest BCUT2D eigenvalue weighted by molar-refractivity contribution is 6.30. The highest BCUT2D eigenvalue weighted by Gasteiger charge is 2.31. The summed E-state index contributed by atoms with van der Waals surface area (Å²) in [6.07, 6.45) is 4.00. The van der Waals surface area contributed by atoms with Gasteiger partial charge in [0.05, 0.1) is 0 Å². The molecule has 3 rings (SSSR count). The van der Waals surface area contributed by atoms with Gasteiger partial charge in [0.2, 0.25) is 0 Å². The van der Waals surface area contributed by atoms with Crippen molar-refractivity contribution >= 4 is 23.2 Å². The van der Waals surface area contributed by atoms with Crippen LogP contribution in [0.3, 0.4) is 0 Å². The van der Waals surface area contributed by atoms with E-state index in [1.165, 1.54) is 19.2 Å². The van der Waals surface area contributed by atoms with Gasteiger partial charge in [0.15, 0.2) is 0 Å². The molecule has 5 nitrogen and oxygen atoms in total. The van der Waals surface area contributed by atoms with Gasteiger partial charge in [-0.2, -0.15) is 19.6 Å². The van der Waals surface area contributed by atoms with Crippen LogP contribution in [-0.2, 0) is 0 Å². The molecule has 0 N–H and O–H groups in total. The summed E-state index contributed by atoms with van der Waals surface area (Å²) in [6.45, 7) is 5.08. The molecule has 2 heterocycles. The third kappa shape index (κ3) is 1.65. The Balaban J connectivity index is 2.24. The van der Waals surface area contributed by atoms with Crippen LogP contribution in [0.1, 0.15) is 25.3 Å². The molecule has 0 aliphatic heterocycles. The Morgan fingerprint density at radius 1 is 1.53 bits per heavy atom. The second-order valence-corrected chi connectivity index (χ2v) is 4.70. The highest BCUT2D eigenvalue weighted by Crippen LogP contribution is 2.34. The van der Waals surface area contributed by atoms with Gasteiger partial charge in [0.25, 0.3) is 5.78 Å². The molecule has 0 aromatic carbocycles. The van der Waals surface area contributed by atoms with Gasteiger partial charge in [0.1, 0.15) is 17.3 Å². The van der Waals surface area contributed by atoms with Crippen LogP contribution in [0.5, 0.6) is 0 Å². The van der Waals surface area contributed by atoms with Gasteiger partial charge in [0, 0.05) is 18.2 Å². The first kappa shape index (κ1) is 10.8. The summed E-state index contributed by atoms with van der Waals surface area (Å²) < 4.78 is 1.78. The zero-order valence-electron chi connectivity index (χ0n) is 9.89. The Labute approximate surface area is 104 Å². The van der Waals surface area contributed by atoms with Crippen LogP contribution in [0, 0.1) is 6.92 Å². The van der Waals surface area contributed by atoms with E-state index in [0.717, 1.165) is 17.9 Å². The van der Waals surface area contributed by atoms with E-state index in [-0.39, 0.29) is 0 Å². The van der Waals surface area contributed by atoms with Crippen molar-refractivity contribution < 1.29 is 0 Å². The number of hydrogen-bond acceptors (Lipinski definition) is 4. The second-order valence-electron chi connectivity index (χ2n) is 4.34. The van der Waals surface area contributed by atoms with Gasteiger partial charge < -0.3 is 4.90 Å². The predicted octanol–water partition coefficient (Wildman–Crippen LogP) is 2.07. The number of fused-ring (bicyclic) bond motifs is 1. The zero-order chi connectivity index (χ0) is 12.0. The summed E-state index contributed by atoms with van der Waals surface area (Å²) in [5.41, 5.74) is 0.971. The fraction of sp³-hybridized carbons (Fsp3) is 0.545. The van der Waals surface area contributed by atoms with E-state index in [2.05, 4.69) is 26.9 Å². The van der Waals surface area contributed by atoms with Crippen molar-refractivity contribution in [3.8, 4) is 0 Å². The minimum atomic E-state index is 0.514. The van der Waals surface area contributed by atoms with Crippen LogP contribution < -0.4 is 4.90 Å². The Kier molecular flexibility index (Phi) is 2.43. The molecule has 2 aromatic heterocycles. The molecule has 1 saturated carbocycles. The number of anilines is 1. The van der Waals surface area contributed by atoms with Crippen molar-refractivity contribution in [1.29, 1.82) is 0 Å². The number of hydrogen-bond donors (Lipinski definition) is 0. The first-order chi connectivity index (χ1) is 8.22. The first-order valence-electron chi connectivity index (χ1n) is 5.85. The third-order valence-corrected chi connectivity index (χ3v) is 3.54. The largest absolute Gasteiger partial charge is 0.353 e. The van der Waals surface area contributed by atoms with Crippen molar-refractivity contribution in [3.63, 3.8) is 0 Å². The molecule has 0 amide bonds. The molecule has 6 heteroatoms.